The summed E-state index contributed by atoms with van der Waals surface area (Å²) in [6.45, 7) is 2.06. The summed E-state index contributed by atoms with van der Waals surface area (Å²) in [6, 6.07) is 0.566. The van der Waals surface area contributed by atoms with Crippen molar-refractivity contribution >= 4 is 5.82 Å². The van der Waals surface area contributed by atoms with Crippen LogP contribution in [-0.4, -0.2) is 28.3 Å². The van der Waals surface area contributed by atoms with E-state index in [0.29, 0.717) is 6.04 Å². The number of rotatable bonds is 1. The van der Waals surface area contributed by atoms with E-state index in [1.165, 1.54) is 36.9 Å². The van der Waals surface area contributed by atoms with Crippen LogP contribution >= 0.6 is 0 Å². The van der Waals surface area contributed by atoms with Crippen molar-refractivity contribution in [2.24, 2.45) is 0 Å². The van der Waals surface area contributed by atoms with Crippen LogP contribution in [0.25, 0.3) is 0 Å². The van der Waals surface area contributed by atoms with Gasteiger partial charge in [0.1, 0.15) is 5.82 Å². The summed E-state index contributed by atoms with van der Waals surface area (Å²) in [5, 5.41) is 4.73. The van der Waals surface area contributed by atoms with Crippen LogP contribution in [0.15, 0.2) is 0 Å². The van der Waals surface area contributed by atoms with E-state index in [9.17, 15) is 0 Å². The summed E-state index contributed by atoms with van der Waals surface area (Å²) >= 11 is 0. The van der Waals surface area contributed by atoms with Crippen LogP contribution in [0.4, 0.5) is 5.82 Å². The predicted molar refractivity (Wildman–Crippen MR) is 64.2 cm³/mol. The Labute approximate surface area is 96.4 Å². The van der Waals surface area contributed by atoms with Gasteiger partial charge in [0.15, 0.2) is 0 Å². The molecular formula is C12H20N4. The molecule has 0 radical (unpaired) electrons. The highest BCUT2D eigenvalue weighted by atomic mass is 15.3. The van der Waals surface area contributed by atoms with Gasteiger partial charge in [-0.3, -0.25) is 0 Å². The molecule has 0 spiro atoms. The van der Waals surface area contributed by atoms with Crippen LogP contribution in [0, 0.1) is 0 Å². The molecule has 16 heavy (non-hydrogen) atoms. The first-order valence-corrected chi connectivity index (χ1v) is 6.30. The number of nitrogens with two attached hydrogens (primary N) is 1. The molecule has 0 saturated heterocycles. The smallest absolute Gasteiger partial charge is 0.125 e. The molecule has 3 rings (SSSR count). The highest BCUT2D eigenvalue weighted by Gasteiger charge is 2.26. The van der Waals surface area contributed by atoms with Gasteiger partial charge in [0, 0.05) is 18.7 Å². The second-order valence-corrected chi connectivity index (χ2v) is 5.18. The minimum atomic E-state index is 0.566. The Kier molecular flexibility index (Phi) is 2.39. The average molecular weight is 220 g/mol. The molecule has 0 atom stereocenters. The van der Waals surface area contributed by atoms with Gasteiger partial charge in [0.2, 0.25) is 0 Å². The summed E-state index contributed by atoms with van der Waals surface area (Å²) in [7, 11) is 2.15. The zero-order valence-electron chi connectivity index (χ0n) is 9.95. The Hall–Kier alpha value is -1.03. The third-order valence-electron chi connectivity index (χ3n) is 3.97. The van der Waals surface area contributed by atoms with Crippen molar-refractivity contribution in [2.45, 2.75) is 44.7 Å². The van der Waals surface area contributed by atoms with Gasteiger partial charge in [-0.25, -0.2) is 4.68 Å². The normalized spacial score (nSPS) is 22.6. The highest BCUT2D eigenvalue weighted by Crippen LogP contribution is 2.33. The van der Waals surface area contributed by atoms with Crippen LogP contribution in [0.2, 0.25) is 0 Å². The largest absolute Gasteiger partial charge is 0.384 e. The number of fused-ring (bicyclic) bond motifs is 1. The predicted octanol–water partition coefficient (Wildman–Crippen LogP) is 1.57. The molecular weight excluding hydrogens is 200 g/mol. The van der Waals surface area contributed by atoms with Gasteiger partial charge in [-0.1, -0.05) is 12.8 Å². The molecule has 2 heterocycles. The fraction of sp³-hybridized carbons (Fsp3) is 0.750. The Morgan fingerprint density at radius 3 is 2.81 bits per heavy atom. The molecule has 0 unspecified atom stereocenters. The molecule has 2 aliphatic rings. The number of nitrogens with zero attached hydrogens (tertiary/aromatic N) is 3. The van der Waals surface area contributed by atoms with Crippen molar-refractivity contribution in [3.63, 3.8) is 0 Å². The van der Waals surface area contributed by atoms with Gasteiger partial charge < -0.3 is 10.6 Å². The minimum absolute atomic E-state index is 0.566. The first kappa shape index (κ1) is 10.1. The summed E-state index contributed by atoms with van der Waals surface area (Å²) < 4.78 is 2.11. The lowest BCUT2D eigenvalue weighted by Crippen LogP contribution is -2.26. The van der Waals surface area contributed by atoms with Gasteiger partial charge in [-0.05, 0) is 26.3 Å². The lowest BCUT2D eigenvalue weighted by molar-refractivity contribution is 0.307. The molecule has 0 bridgehead atoms. The summed E-state index contributed by atoms with van der Waals surface area (Å²) in [6.07, 6.45) is 6.22. The van der Waals surface area contributed by atoms with Gasteiger partial charge in [0.25, 0.3) is 0 Å². The molecule has 1 aromatic heterocycles. The quantitative estimate of drug-likeness (QED) is 0.781. The standard InChI is InChI=1S/C12H20N4/c1-15-7-6-10-11(8-15)14-16(12(10)13)9-4-2-3-5-9/h9H,2-8,13H2,1H3. The highest BCUT2D eigenvalue weighted by molar-refractivity contribution is 5.45. The molecule has 1 aliphatic carbocycles. The third-order valence-corrected chi connectivity index (χ3v) is 3.97. The number of likely N-dealkylation sites (N-methyl/N-ethyl adjacent to an activating group) is 1. The maximum atomic E-state index is 6.23. The fourth-order valence-corrected chi connectivity index (χ4v) is 2.99. The van der Waals surface area contributed by atoms with E-state index in [0.717, 1.165) is 25.3 Å². The molecule has 0 aromatic carbocycles. The van der Waals surface area contributed by atoms with E-state index < -0.39 is 0 Å². The molecule has 4 nitrogen and oxygen atoms in total. The van der Waals surface area contributed by atoms with E-state index in [1.54, 1.807) is 0 Å². The van der Waals surface area contributed by atoms with E-state index in [1.807, 2.05) is 0 Å². The van der Waals surface area contributed by atoms with Gasteiger partial charge in [-0.2, -0.15) is 5.10 Å². The summed E-state index contributed by atoms with van der Waals surface area (Å²) in [4.78, 5) is 2.31. The summed E-state index contributed by atoms with van der Waals surface area (Å²) in [5.41, 5.74) is 8.75. The molecule has 1 saturated carbocycles. The number of hydrogen-bond acceptors (Lipinski definition) is 3. The lowest BCUT2D eigenvalue weighted by Gasteiger charge is -2.20. The topological polar surface area (TPSA) is 47.1 Å². The Morgan fingerprint density at radius 1 is 1.31 bits per heavy atom. The minimum Gasteiger partial charge on any atom is -0.384 e. The molecule has 0 amide bonds. The molecule has 88 valence electrons. The number of hydrogen-bond donors (Lipinski definition) is 1. The Balaban J connectivity index is 1.95. The molecule has 1 aromatic rings. The maximum Gasteiger partial charge on any atom is 0.125 e. The zero-order valence-corrected chi connectivity index (χ0v) is 9.95. The van der Waals surface area contributed by atoms with Crippen LogP contribution in [0.1, 0.15) is 43.0 Å². The fourth-order valence-electron chi connectivity index (χ4n) is 2.99. The maximum absolute atomic E-state index is 6.23. The van der Waals surface area contributed by atoms with Crippen LogP contribution < -0.4 is 5.73 Å². The Bertz CT molecular complexity index is 390. The molecule has 4 heteroatoms. The third kappa shape index (κ3) is 1.52. The van der Waals surface area contributed by atoms with Crippen molar-refractivity contribution < 1.29 is 0 Å². The SMILES string of the molecule is CN1CCc2c(nn(C3CCCC3)c2N)C1. The molecule has 1 aliphatic heterocycles. The van der Waals surface area contributed by atoms with E-state index >= 15 is 0 Å². The number of anilines is 1. The van der Waals surface area contributed by atoms with Gasteiger partial charge in [-0.15, -0.1) is 0 Å². The lowest BCUT2D eigenvalue weighted by atomic mass is 10.1. The second-order valence-electron chi connectivity index (χ2n) is 5.18. The first-order chi connectivity index (χ1) is 7.75. The van der Waals surface area contributed by atoms with E-state index in [2.05, 4.69) is 16.6 Å². The Morgan fingerprint density at radius 2 is 2.06 bits per heavy atom. The number of nitrogen functional groups attached to an aromatic ring is 1. The van der Waals surface area contributed by atoms with Crippen molar-refractivity contribution in [3.05, 3.63) is 11.3 Å². The van der Waals surface area contributed by atoms with Gasteiger partial charge >= 0.3 is 0 Å². The van der Waals surface area contributed by atoms with Crippen LogP contribution in [-0.2, 0) is 13.0 Å². The zero-order chi connectivity index (χ0) is 11.1. The van der Waals surface area contributed by atoms with E-state index in [-0.39, 0.29) is 0 Å². The summed E-state index contributed by atoms with van der Waals surface area (Å²) in [5.74, 6) is 0.940. The second kappa shape index (κ2) is 3.77. The van der Waals surface area contributed by atoms with E-state index in [4.69, 9.17) is 10.8 Å². The van der Waals surface area contributed by atoms with Crippen molar-refractivity contribution in [2.75, 3.05) is 19.3 Å². The van der Waals surface area contributed by atoms with Crippen LogP contribution in [0.3, 0.4) is 0 Å². The monoisotopic (exact) mass is 220 g/mol. The first-order valence-electron chi connectivity index (χ1n) is 6.30. The average Bonchev–Trinajstić information content (AvgIpc) is 2.86. The number of aromatic nitrogens is 2. The molecule has 2 N–H and O–H groups in total. The van der Waals surface area contributed by atoms with Crippen molar-refractivity contribution in [3.8, 4) is 0 Å². The molecule has 1 fully saturated rings. The van der Waals surface area contributed by atoms with Crippen molar-refractivity contribution in [1.29, 1.82) is 0 Å². The van der Waals surface area contributed by atoms with Crippen LogP contribution in [0.5, 0.6) is 0 Å². The van der Waals surface area contributed by atoms with Crippen molar-refractivity contribution in [1.82, 2.24) is 14.7 Å². The van der Waals surface area contributed by atoms with Gasteiger partial charge in [0.05, 0.1) is 11.7 Å².